The number of ether oxygens (including phenoxy) is 6. The standard InChI is InChI=1S/C58H87N2O14S/c1-34-18-14-13-15-19-35(2)48(69-10)30-44-23-21-40(7)58(68,74-44)55(65)56(66)60-25-17-16-20-45(60)57(67)73-49(31-46(61)36(3)27-39(6)53(64)54(71-12)52(63)38(5)26-34)37(4)28-43-22-24-47(50(29-43)70-11)72-51(62)32-59-33-75-42(9)41(59)8/h13-15,18-19,27,33-34,36-38,40,43-45,47-50,53-54,64,68H,16-17,20-26,28-32H2,1-12H3/q+1/b15-13?,18-14+,35-19?,39-27+/t34-,36-,37-,38-,40-,43+,44+,45+,47-,48+,49+,50-,53-,54+,58-/m1/s1. The minimum absolute atomic E-state index is 0.00524. The second-order valence-electron chi connectivity index (χ2n) is 22.0. The molecular weight excluding hydrogens is 981 g/mol. The summed E-state index contributed by atoms with van der Waals surface area (Å²) in [5.41, 5.74) is 4.16. The van der Waals surface area contributed by atoms with Gasteiger partial charge in [0.2, 0.25) is 17.8 Å². The van der Waals surface area contributed by atoms with E-state index < -0.39 is 95.9 Å². The zero-order valence-corrected chi connectivity index (χ0v) is 47.4. The van der Waals surface area contributed by atoms with Crippen LogP contribution in [0.3, 0.4) is 0 Å². The van der Waals surface area contributed by atoms with Crippen LogP contribution in [0.2, 0.25) is 0 Å². The molecule has 0 spiro atoms. The van der Waals surface area contributed by atoms with Gasteiger partial charge in [-0.05, 0) is 114 Å². The number of rotatable bonds is 9. The van der Waals surface area contributed by atoms with Gasteiger partial charge in [0, 0.05) is 65.4 Å². The molecule has 0 unspecified atom stereocenters. The number of methoxy groups -OCH3 is 3. The Bertz CT molecular complexity index is 2270. The third kappa shape index (κ3) is 16.2. The molecule has 3 fully saturated rings. The van der Waals surface area contributed by atoms with E-state index in [0.29, 0.717) is 69.8 Å². The topological polar surface area (TPSA) is 205 Å². The number of hydrogen-bond acceptors (Lipinski definition) is 15. The average Bonchev–Trinajstić information content (AvgIpc) is 3.69. The van der Waals surface area contributed by atoms with Crippen LogP contribution in [-0.4, -0.2) is 133 Å². The van der Waals surface area contributed by atoms with Gasteiger partial charge in [0.1, 0.15) is 36.2 Å². The number of esters is 2. The predicted octanol–water partition coefficient (Wildman–Crippen LogP) is 7.40. The first-order valence-electron chi connectivity index (χ1n) is 27.2. The molecule has 3 aliphatic heterocycles. The largest absolute Gasteiger partial charge is 0.460 e. The lowest BCUT2D eigenvalue weighted by Gasteiger charge is -2.42. The average molecular weight is 1070 g/mol. The van der Waals surface area contributed by atoms with E-state index >= 15 is 0 Å². The zero-order chi connectivity index (χ0) is 55.3. The fourth-order valence-electron chi connectivity index (χ4n) is 11.2. The second-order valence-corrected chi connectivity index (χ2v) is 23.1. The van der Waals surface area contributed by atoms with E-state index in [1.165, 1.54) is 12.0 Å². The summed E-state index contributed by atoms with van der Waals surface area (Å²) in [4.78, 5) is 86.9. The number of aromatic nitrogens is 1. The van der Waals surface area contributed by atoms with E-state index in [1.54, 1.807) is 52.4 Å². The van der Waals surface area contributed by atoms with Crippen LogP contribution in [0, 0.1) is 49.4 Å². The maximum atomic E-state index is 14.6. The summed E-state index contributed by atoms with van der Waals surface area (Å²) in [5, 5.41) is 23.6. The van der Waals surface area contributed by atoms with E-state index in [4.69, 9.17) is 28.4 Å². The number of carbonyl (C=O) groups excluding carboxylic acids is 6. The Morgan fingerprint density at radius 3 is 2.28 bits per heavy atom. The molecule has 418 valence electrons. The smallest absolute Gasteiger partial charge is 0.373 e. The van der Waals surface area contributed by atoms with Gasteiger partial charge in [-0.3, -0.25) is 19.2 Å². The molecular formula is C58H87N2O14S+. The Hall–Kier alpha value is -4.23. The lowest BCUT2D eigenvalue weighted by Crippen LogP contribution is -2.61. The molecule has 1 aliphatic carbocycles. The van der Waals surface area contributed by atoms with E-state index in [9.17, 15) is 39.0 Å². The summed E-state index contributed by atoms with van der Waals surface area (Å²) in [5.74, 6) is -8.61. The quantitative estimate of drug-likeness (QED) is 0.107. The normalized spacial score (nSPS) is 35.4. The van der Waals surface area contributed by atoms with Crippen LogP contribution in [-0.2, 0) is 63.7 Å². The third-order valence-electron chi connectivity index (χ3n) is 16.3. The number of amides is 1. The maximum absolute atomic E-state index is 14.6. The van der Waals surface area contributed by atoms with E-state index in [0.717, 1.165) is 16.1 Å². The summed E-state index contributed by atoms with van der Waals surface area (Å²) >= 11 is 1.57. The van der Waals surface area contributed by atoms with Gasteiger partial charge in [0.05, 0.1) is 23.2 Å². The third-order valence-corrected chi connectivity index (χ3v) is 17.3. The van der Waals surface area contributed by atoms with Crippen molar-refractivity contribution in [1.82, 2.24) is 4.90 Å². The number of aliphatic hydroxyl groups is 2. The summed E-state index contributed by atoms with van der Waals surface area (Å²) in [6.07, 6.45) is 10.9. The van der Waals surface area contributed by atoms with Crippen LogP contribution in [0.4, 0.5) is 0 Å². The van der Waals surface area contributed by atoms with Gasteiger partial charge >= 0.3 is 11.9 Å². The van der Waals surface area contributed by atoms with Gasteiger partial charge < -0.3 is 43.5 Å². The van der Waals surface area contributed by atoms with Gasteiger partial charge in [-0.1, -0.05) is 82.4 Å². The summed E-state index contributed by atoms with van der Waals surface area (Å²) < 4.78 is 37.8. The van der Waals surface area contributed by atoms with Crippen LogP contribution >= 0.6 is 11.3 Å². The van der Waals surface area contributed by atoms with Gasteiger partial charge in [-0.2, -0.15) is 4.57 Å². The number of carbonyl (C=O) groups is 6. The molecule has 17 heteroatoms. The Morgan fingerprint density at radius 2 is 1.61 bits per heavy atom. The molecule has 4 heterocycles. The highest BCUT2D eigenvalue weighted by molar-refractivity contribution is 7.09. The maximum Gasteiger partial charge on any atom is 0.373 e. The minimum Gasteiger partial charge on any atom is -0.460 e. The highest BCUT2D eigenvalue weighted by atomic mass is 32.1. The zero-order valence-electron chi connectivity index (χ0n) is 46.6. The number of cyclic esters (lactones) is 1. The molecule has 4 aliphatic rings. The number of aliphatic hydroxyl groups excluding tert-OH is 1. The predicted molar refractivity (Wildman–Crippen MR) is 283 cm³/mol. The highest BCUT2D eigenvalue weighted by Gasteiger charge is 2.53. The molecule has 0 radical (unpaired) electrons. The van der Waals surface area contributed by atoms with Crippen molar-refractivity contribution >= 4 is 46.5 Å². The monoisotopic (exact) mass is 1070 g/mol. The number of piperidine rings is 1. The summed E-state index contributed by atoms with van der Waals surface area (Å²) in [7, 11) is 4.54. The number of thiazole rings is 1. The number of nitrogens with zero attached hydrogens (tertiary/aromatic N) is 2. The van der Waals surface area contributed by atoms with E-state index in [2.05, 4.69) is 0 Å². The molecule has 15 atom stereocenters. The summed E-state index contributed by atoms with van der Waals surface area (Å²) in [6.45, 7) is 16.8. The lowest BCUT2D eigenvalue weighted by molar-refractivity contribution is -0.687. The van der Waals surface area contributed by atoms with Crippen molar-refractivity contribution in [2.75, 3.05) is 27.9 Å². The van der Waals surface area contributed by atoms with Crippen molar-refractivity contribution in [3.63, 3.8) is 0 Å². The van der Waals surface area contributed by atoms with Crippen LogP contribution in [0.15, 0.2) is 53.1 Å². The van der Waals surface area contributed by atoms with Crippen molar-refractivity contribution in [1.29, 1.82) is 0 Å². The molecule has 1 aromatic rings. The fourth-order valence-corrected chi connectivity index (χ4v) is 12.1. The Morgan fingerprint density at radius 1 is 0.880 bits per heavy atom. The first-order valence-corrected chi connectivity index (χ1v) is 28.0. The molecule has 2 N–H and O–H groups in total. The van der Waals surface area contributed by atoms with Gasteiger partial charge in [-0.25, -0.2) is 9.59 Å². The van der Waals surface area contributed by atoms with Gasteiger partial charge in [0.25, 0.3) is 11.7 Å². The number of aryl methyl sites for hydroxylation is 1. The van der Waals surface area contributed by atoms with E-state index in [1.807, 2.05) is 82.0 Å². The number of hydrogen-bond donors (Lipinski definition) is 2. The number of fused-ring (bicyclic) bond motifs is 3. The fraction of sp³-hybridized carbons (Fsp3) is 0.707. The number of allylic oxidation sites excluding steroid dienone is 6. The van der Waals surface area contributed by atoms with Crippen LogP contribution in [0.5, 0.6) is 0 Å². The molecule has 5 rings (SSSR count). The molecule has 2 saturated heterocycles. The molecule has 1 aromatic heterocycles. The first-order chi connectivity index (χ1) is 35.5. The van der Waals surface area contributed by atoms with Crippen LogP contribution < -0.4 is 4.57 Å². The molecule has 0 aromatic carbocycles. The lowest BCUT2D eigenvalue weighted by atomic mass is 9.78. The SMILES string of the molecule is CO[C@H]1C[C@@H]2CC[C@@H](C)[C@@](O)(O2)C(=O)C(=O)N2CCCC[C@H]2C(=O)O[C@H]([C@H](C)C[C@@H]2CC[C@@H](OC(=O)C[n+]3csc(C)c3C)[C@H](OC)C2)CC(=O)[C@H](C)/C=C(\C)[C@@H](O)[C@@H](OC)C(=O)[C@H](C)C[C@H](C)/C=C/C=CC=C1C. The number of ketones is 3. The molecule has 75 heavy (non-hydrogen) atoms. The van der Waals surface area contributed by atoms with Crippen molar-refractivity contribution in [2.45, 2.75) is 200 Å². The van der Waals surface area contributed by atoms with E-state index in [-0.39, 0.29) is 55.3 Å². The Balaban J connectivity index is 1.43. The molecule has 2 bridgehead atoms. The minimum atomic E-state index is -2.45. The van der Waals surface area contributed by atoms with Crippen molar-refractivity contribution < 1.29 is 72.0 Å². The van der Waals surface area contributed by atoms with Crippen molar-refractivity contribution in [2.24, 2.45) is 35.5 Å². The highest BCUT2D eigenvalue weighted by Crippen LogP contribution is 2.38. The van der Waals surface area contributed by atoms with Crippen LogP contribution in [0.25, 0.3) is 0 Å². The van der Waals surface area contributed by atoms with Gasteiger partial charge in [0.15, 0.2) is 11.5 Å². The van der Waals surface area contributed by atoms with Crippen LogP contribution in [0.1, 0.15) is 136 Å². The second kappa shape index (κ2) is 28.4. The summed E-state index contributed by atoms with van der Waals surface area (Å²) in [6, 6.07) is -1.17. The van der Waals surface area contributed by atoms with Gasteiger partial charge in [-0.15, -0.1) is 0 Å². The molecule has 16 nitrogen and oxygen atoms in total. The molecule has 1 saturated carbocycles. The Labute approximate surface area is 449 Å². The molecule has 1 amide bonds. The number of Topliss-reactive ketones (excluding diaryl/α,β-unsaturated/α-hetero) is 3. The Kier molecular flexibility index (Phi) is 23.3. The van der Waals surface area contributed by atoms with Crippen molar-refractivity contribution in [3.8, 4) is 0 Å². The van der Waals surface area contributed by atoms with Crippen molar-refractivity contribution in [3.05, 3.63) is 63.7 Å². The first kappa shape index (κ1) is 61.6.